The molecule has 1 aliphatic heterocycles. The molecule has 0 fully saturated rings. The molecule has 2 aromatic heterocycles. The highest BCUT2D eigenvalue weighted by Crippen LogP contribution is 2.34. The summed E-state index contributed by atoms with van der Waals surface area (Å²) in [5.74, 6) is 0. The van der Waals surface area contributed by atoms with Crippen LogP contribution in [0.4, 0.5) is 0 Å². The molecule has 2 aliphatic rings. The van der Waals surface area contributed by atoms with Gasteiger partial charge in [-0.05, 0) is 48.9 Å². The lowest BCUT2D eigenvalue weighted by Gasteiger charge is -2.27. The average molecular weight is 337 g/mol. The van der Waals surface area contributed by atoms with E-state index < -0.39 is 0 Å². The van der Waals surface area contributed by atoms with Gasteiger partial charge in [-0.1, -0.05) is 24.3 Å². The fraction of sp³-hybridized carbons (Fsp3) is 0.368. The minimum absolute atomic E-state index is 0.122. The highest BCUT2D eigenvalue weighted by atomic mass is 32.1. The highest BCUT2D eigenvalue weighted by Gasteiger charge is 2.25. The first kappa shape index (κ1) is 14.4. The van der Waals surface area contributed by atoms with Gasteiger partial charge in [0.05, 0.1) is 17.8 Å². The van der Waals surface area contributed by atoms with Crippen molar-refractivity contribution in [2.45, 2.75) is 38.3 Å². The molecule has 0 bridgehead atoms. The number of aromatic nitrogens is 2. The van der Waals surface area contributed by atoms with Crippen molar-refractivity contribution in [1.82, 2.24) is 14.9 Å². The number of nitrogens with zero attached hydrogens (tertiary/aromatic N) is 2. The first-order valence-electron chi connectivity index (χ1n) is 8.63. The Morgan fingerprint density at radius 1 is 1.25 bits per heavy atom. The molecule has 1 aliphatic carbocycles. The van der Waals surface area contributed by atoms with Crippen LogP contribution in [0.1, 0.15) is 40.5 Å². The molecule has 1 aromatic carbocycles. The van der Waals surface area contributed by atoms with Crippen LogP contribution >= 0.6 is 11.3 Å². The van der Waals surface area contributed by atoms with Gasteiger partial charge in [0.2, 0.25) is 0 Å². The lowest BCUT2D eigenvalue weighted by atomic mass is 9.87. The summed E-state index contributed by atoms with van der Waals surface area (Å²) in [6.45, 7) is 1.81. The van der Waals surface area contributed by atoms with Crippen molar-refractivity contribution in [2.75, 3.05) is 6.54 Å². The molecular formula is C19H19N3OS. The second kappa shape index (κ2) is 5.53. The van der Waals surface area contributed by atoms with Gasteiger partial charge in [0.1, 0.15) is 4.83 Å². The summed E-state index contributed by atoms with van der Waals surface area (Å²) in [6, 6.07) is 8.65. The summed E-state index contributed by atoms with van der Waals surface area (Å²) in [7, 11) is 0. The Morgan fingerprint density at radius 2 is 2.17 bits per heavy atom. The van der Waals surface area contributed by atoms with Crippen LogP contribution in [0.2, 0.25) is 0 Å². The van der Waals surface area contributed by atoms with Gasteiger partial charge in [0, 0.05) is 11.4 Å². The molecule has 5 heteroatoms. The van der Waals surface area contributed by atoms with Crippen LogP contribution < -0.4 is 10.9 Å². The van der Waals surface area contributed by atoms with Crippen molar-refractivity contribution < 1.29 is 0 Å². The third-order valence-electron chi connectivity index (χ3n) is 5.33. The van der Waals surface area contributed by atoms with Crippen molar-refractivity contribution >= 4 is 21.6 Å². The molecule has 0 amide bonds. The average Bonchev–Trinajstić information content (AvgIpc) is 3.01. The maximum Gasteiger partial charge on any atom is 0.262 e. The number of hydrogen-bond acceptors (Lipinski definition) is 4. The zero-order valence-electron chi connectivity index (χ0n) is 13.4. The molecule has 0 saturated heterocycles. The topological polar surface area (TPSA) is 46.9 Å². The van der Waals surface area contributed by atoms with E-state index in [9.17, 15) is 4.79 Å². The van der Waals surface area contributed by atoms with Crippen LogP contribution in [0.3, 0.4) is 0 Å². The molecule has 3 aromatic rings. The zero-order chi connectivity index (χ0) is 16.1. The number of rotatable bonds is 1. The summed E-state index contributed by atoms with van der Waals surface area (Å²) in [5.41, 5.74) is 4.03. The first-order chi connectivity index (χ1) is 11.8. The van der Waals surface area contributed by atoms with Crippen molar-refractivity contribution in [2.24, 2.45) is 0 Å². The van der Waals surface area contributed by atoms with Gasteiger partial charge >= 0.3 is 0 Å². The molecule has 3 heterocycles. The van der Waals surface area contributed by atoms with Crippen LogP contribution in [0, 0.1) is 0 Å². The number of benzene rings is 1. The van der Waals surface area contributed by atoms with Gasteiger partial charge in [0.25, 0.3) is 5.56 Å². The molecule has 0 radical (unpaired) electrons. The van der Waals surface area contributed by atoms with Crippen LogP contribution in [0.25, 0.3) is 10.2 Å². The molecule has 0 saturated carbocycles. The number of thiophene rings is 1. The molecule has 5 rings (SSSR count). The summed E-state index contributed by atoms with van der Waals surface area (Å²) in [5, 5.41) is 4.25. The summed E-state index contributed by atoms with van der Waals surface area (Å²) < 4.78 is 1.88. The number of aryl methyl sites for hydroxylation is 1. The molecule has 0 spiro atoms. The summed E-state index contributed by atoms with van der Waals surface area (Å²) >= 11 is 1.67. The minimum atomic E-state index is 0.122. The Labute approximate surface area is 144 Å². The number of fused-ring (bicyclic) bond motifs is 4. The van der Waals surface area contributed by atoms with Crippen molar-refractivity contribution in [3.8, 4) is 0 Å². The predicted octanol–water partition coefficient (Wildman–Crippen LogP) is 3.03. The van der Waals surface area contributed by atoms with E-state index in [2.05, 4.69) is 34.6 Å². The predicted molar refractivity (Wildman–Crippen MR) is 96.8 cm³/mol. The van der Waals surface area contributed by atoms with Gasteiger partial charge < -0.3 is 5.32 Å². The van der Waals surface area contributed by atoms with E-state index in [4.69, 9.17) is 0 Å². The van der Waals surface area contributed by atoms with E-state index in [0.29, 0.717) is 0 Å². The molecular weight excluding hydrogens is 318 g/mol. The van der Waals surface area contributed by atoms with Crippen LogP contribution in [-0.4, -0.2) is 16.1 Å². The lowest BCUT2D eigenvalue weighted by molar-refractivity contribution is 0.475. The second-order valence-electron chi connectivity index (χ2n) is 6.67. The van der Waals surface area contributed by atoms with E-state index in [1.54, 1.807) is 17.7 Å². The fourth-order valence-corrected chi connectivity index (χ4v) is 5.31. The van der Waals surface area contributed by atoms with Gasteiger partial charge in [-0.25, -0.2) is 4.98 Å². The zero-order valence-corrected chi connectivity index (χ0v) is 14.2. The SMILES string of the molecule is O=c1c2c3c(sc2ncn1[C@@H]1CCCc2ccccc21)CNCC3. The van der Waals surface area contributed by atoms with E-state index in [0.717, 1.165) is 49.0 Å². The summed E-state index contributed by atoms with van der Waals surface area (Å²) in [6.07, 6.45) is 5.94. The van der Waals surface area contributed by atoms with Gasteiger partial charge in [0.15, 0.2) is 0 Å². The normalized spacial score (nSPS) is 19.9. The van der Waals surface area contributed by atoms with Crippen molar-refractivity contribution in [1.29, 1.82) is 0 Å². The van der Waals surface area contributed by atoms with Crippen LogP contribution in [0.15, 0.2) is 35.4 Å². The van der Waals surface area contributed by atoms with Crippen molar-refractivity contribution in [3.63, 3.8) is 0 Å². The van der Waals surface area contributed by atoms with Crippen LogP contribution in [-0.2, 0) is 19.4 Å². The van der Waals surface area contributed by atoms with E-state index in [1.807, 2.05) is 4.57 Å². The Hall–Kier alpha value is -1.98. The lowest BCUT2D eigenvalue weighted by Crippen LogP contribution is -2.29. The van der Waals surface area contributed by atoms with Gasteiger partial charge in [-0.15, -0.1) is 11.3 Å². The minimum Gasteiger partial charge on any atom is -0.312 e. The Balaban J connectivity index is 1.72. The van der Waals surface area contributed by atoms with E-state index in [1.165, 1.54) is 21.6 Å². The molecule has 0 unspecified atom stereocenters. The third kappa shape index (κ3) is 2.08. The second-order valence-corrected chi connectivity index (χ2v) is 7.76. The standard InChI is InChI=1S/C19H19N3OS/c23-19-17-14-8-9-20-10-16(14)24-18(17)21-11-22(19)15-7-3-5-12-4-1-2-6-13(12)15/h1-2,4,6,11,15,20H,3,5,7-10H2/t15-/m1/s1. The third-order valence-corrected chi connectivity index (χ3v) is 6.47. The maximum absolute atomic E-state index is 13.3. The van der Waals surface area contributed by atoms with Crippen molar-refractivity contribution in [3.05, 3.63) is 62.5 Å². The number of hydrogen-bond donors (Lipinski definition) is 1. The smallest absolute Gasteiger partial charge is 0.262 e. The fourth-order valence-electron chi connectivity index (χ4n) is 4.17. The highest BCUT2D eigenvalue weighted by molar-refractivity contribution is 7.18. The molecule has 122 valence electrons. The van der Waals surface area contributed by atoms with Gasteiger partial charge in [-0.3, -0.25) is 9.36 Å². The van der Waals surface area contributed by atoms with E-state index >= 15 is 0 Å². The van der Waals surface area contributed by atoms with Gasteiger partial charge in [-0.2, -0.15) is 0 Å². The van der Waals surface area contributed by atoms with Crippen LogP contribution in [0.5, 0.6) is 0 Å². The Kier molecular flexibility index (Phi) is 3.31. The summed E-state index contributed by atoms with van der Waals surface area (Å²) in [4.78, 5) is 20.1. The number of nitrogens with one attached hydrogen (secondary N) is 1. The molecule has 1 N–H and O–H groups in total. The Morgan fingerprint density at radius 3 is 3.12 bits per heavy atom. The van der Waals surface area contributed by atoms with E-state index in [-0.39, 0.29) is 11.6 Å². The Bertz CT molecular complexity index is 988. The molecule has 1 atom stereocenters. The molecule has 4 nitrogen and oxygen atoms in total. The quantitative estimate of drug-likeness (QED) is 0.742. The monoisotopic (exact) mass is 337 g/mol. The molecule has 24 heavy (non-hydrogen) atoms. The largest absolute Gasteiger partial charge is 0.312 e. The first-order valence-corrected chi connectivity index (χ1v) is 9.44. The maximum atomic E-state index is 13.3.